The zero-order chi connectivity index (χ0) is 8.69. The van der Waals surface area contributed by atoms with Crippen molar-refractivity contribution in [2.45, 2.75) is 39.7 Å². The topological polar surface area (TPSA) is 9.23 Å². The van der Waals surface area contributed by atoms with Crippen molar-refractivity contribution in [1.82, 2.24) is 0 Å². The van der Waals surface area contributed by atoms with E-state index < -0.39 is 0 Å². The fraction of sp³-hybridized carbons (Fsp3) is 0.778. The highest BCUT2D eigenvalue weighted by Crippen LogP contribution is 2.09. The fourth-order valence-corrected chi connectivity index (χ4v) is 0.923. The van der Waals surface area contributed by atoms with Crippen LogP contribution in [0.2, 0.25) is 0 Å². The van der Waals surface area contributed by atoms with Crippen molar-refractivity contribution in [2.75, 3.05) is 6.61 Å². The van der Waals surface area contributed by atoms with Gasteiger partial charge in [-0.2, -0.15) is 0 Å². The summed E-state index contributed by atoms with van der Waals surface area (Å²) in [7, 11) is 0. The number of rotatable bonds is 5. The van der Waals surface area contributed by atoms with E-state index in [0.29, 0.717) is 13.0 Å². The summed E-state index contributed by atoms with van der Waals surface area (Å²) in [5.74, 6) is -0.0616. The summed E-state index contributed by atoms with van der Waals surface area (Å²) in [6, 6.07) is 0. The van der Waals surface area contributed by atoms with E-state index in [0.717, 1.165) is 6.42 Å². The lowest BCUT2D eigenvalue weighted by Gasteiger charge is -2.08. The molecule has 0 aromatic carbocycles. The summed E-state index contributed by atoms with van der Waals surface area (Å²) < 4.78 is 17.9. The molecule has 1 atom stereocenters. The van der Waals surface area contributed by atoms with Crippen LogP contribution in [0.1, 0.15) is 33.6 Å². The van der Waals surface area contributed by atoms with Gasteiger partial charge in [-0.15, -0.1) is 0 Å². The van der Waals surface area contributed by atoms with Gasteiger partial charge < -0.3 is 4.74 Å². The summed E-state index contributed by atoms with van der Waals surface area (Å²) in [6.45, 7) is 6.37. The Hall–Kier alpha value is -0.370. The number of hydrogen-bond donors (Lipinski definition) is 0. The molecule has 0 amide bonds. The van der Waals surface area contributed by atoms with Crippen LogP contribution in [0.15, 0.2) is 11.9 Å². The van der Waals surface area contributed by atoms with Crippen molar-refractivity contribution >= 4 is 0 Å². The Kier molecular flexibility index (Phi) is 6.13. The second kappa shape index (κ2) is 6.35. The lowest BCUT2D eigenvalue weighted by Crippen LogP contribution is -2.07. The van der Waals surface area contributed by atoms with Crippen LogP contribution in [0.3, 0.4) is 0 Å². The van der Waals surface area contributed by atoms with Gasteiger partial charge in [0, 0.05) is 13.0 Å². The van der Waals surface area contributed by atoms with Crippen molar-refractivity contribution in [3.63, 3.8) is 0 Å². The van der Waals surface area contributed by atoms with E-state index >= 15 is 0 Å². The Bertz CT molecular complexity index is 121. The van der Waals surface area contributed by atoms with Crippen molar-refractivity contribution in [3.8, 4) is 0 Å². The molecule has 0 aliphatic rings. The molecule has 1 unspecified atom stereocenters. The number of halogens is 1. The summed E-state index contributed by atoms with van der Waals surface area (Å²) in [4.78, 5) is 0. The lowest BCUT2D eigenvalue weighted by molar-refractivity contribution is 0.0730. The highest BCUT2D eigenvalue weighted by atomic mass is 19.1. The van der Waals surface area contributed by atoms with Gasteiger partial charge >= 0.3 is 0 Å². The monoisotopic (exact) mass is 160 g/mol. The van der Waals surface area contributed by atoms with E-state index in [-0.39, 0.29) is 11.9 Å². The summed E-state index contributed by atoms with van der Waals surface area (Å²) in [5.41, 5.74) is 0. The Morgan fingerprint density at radius 3 is 2.64 bits per heavy atom. The molecule has 0 saturated carbocycles. The van der Waals surface area contributed by atoms with Crippen LogP contribution in [-0.4, -0.2) is 12.7 Å². The van der Waals surface area contributed by atoms with Gasteiger partial charge in [-0.3, -0.25) is 0 Å². The minimum atomic E-state index is -0.0616. The quantitative estimate of drug-likeness (QED) is 0.600. The summed E-state index contributed by atoms with van der Waals surface area (Å²) >= 11 is 0. The van der Waals surface area contributed by atoms with E-state index in [1.807, 2.05) is 20.8 Å². The molecule has 0 N–H and O–H groups in total. The smallest absolute Gasteiger partial charge is 0.0985 e. The van der Waals surface area contributed by atoms with Gasteiger partial charge in [0.05, 0.1) is 11.9 Å². The summed E-state index contributed by atoms with van der Waals surface area (Å²) in [5, 5.41) is 0. The van der Waals surface area contributed by atoms with Crippen LogP contribution in [0.4, 0.5) is 4.39 Å². The molecule has 1 nitrogen and oxygen atoms in total. The normalized spacial score (nSPS) is 15.1. The molecule has 0 rings (SSSR count). The Balaban J connectivity index is 3.56. The maximum atomic E-state index is 12.8. The molecule has 11 heavy (non-hydrogen) atoms. The van der Waals surface area contributed by atoms with Crippen molar-refractivity contribution in [1.29, 1.82) is 0 Å². The standard InChI is InChI=1S/C9H17FO/c1-4-6-9(10)7-8(3)11-5-2/h6,8H,4-5,7H2,1-3H3/b9-6+. The van der Waals surface area contributed by atoms with E-state index in [2.05, 4.69) is 0 Å². The first kappa shape index (κ1) is 10.6. The third-order valence-corrected chi connectivity index (χ3v) is 1.36. The molecule has 0 heterocycles. The van der Waals surface area contributed by atoms with E-state index in [1.54, 1.807) is 6.08 Å². The zero-order valence-corrected chi connectivity index (χ0v) is 7.56. The van der Waals surface area contributed by atoms with Crippen LogP contribution in [0.25, 0.3) is 0 Å². The minimum Gasteiger partial charge on any atom is -0.378 e. The molecule has 0 aromatic rings. The van der Waals surface area contributed by atoms with Crippen LogP contribution < -0.4 is 0 Å². The lowest BCUT2D eigenvalue weighted by atomic mass is 10.2. The molecular formula is C9H17FO. The minimum absolute atomic E-state index is 0.00259. The molecule has 66 valence electrons. The van der Waals surface area contributed by atoms with Gasteiger partial charge in [-0.1, -0.05) is 13.0 Å². The molecule has 0 bridgehead atoms. The highest BCUT2D eigenvalue weighted by molar-refractivity contribution is 4.92. The van der Waals surface area contributed by atoms with Gasteiger partial charge in [0.1, 0.15) is 0 Å². The van der Waals surface area contributed by atoms with E-state index in [4.69, 9.17) is 4.74 Å². The second-order valence-corrected chi connectivity index (χ2v) is 2.53. The molecule has 0 aromatic heterocycles. The zero-order valence-electron chi connectivity index (χ0n) is 7.56. The first-order valence-electron chi connectivity index (χ1n) is 4.16. The molecule has 0 aliphatic carbocycles. The number of allylic oxidation sites excluding steroid dienone is 1. The van der Waals surface area contributed by atoms with Crippen molar-refractivity contribution < 1.29 is 9.13 Å². The summed E-state index contributed by atoms with van der Waals surface area (Å²) in [6.07, 6.45) is 2.75. The van der Waals surface area contributed by atoms with Crippen LogP contribution in [0, 0.1) is 0 Å². The SMILES string of the molecule is CC/C=C(/F)CC(C)OCC. The average molecular weight is 160 g/mol. The largest absolute Gasteiger partial charge is 0.378 e. The van der Waals surface area contributed by atoms with Gasteiger partial charge in [0.15, 0.2) is 0 Å². The fourth-order valence-electron chi connectivity index (χ4n) is 0.923. The van der Waals surface area contributed by atoms with Crippen LogP contribution in [0.5, 0.6) is 0 Å². The van der Waals surface area contributed by atoms with Crippen LogP contribution in [-0.2, 0) is 4.74 Å². The third-order valence-electron chi connectivity index (χ3n) is 1.36. The molecule has 0 fully saturated rings. The molecule has 0 radical (unpaired) electrons. The van der Waals surface area contributed by atoms with Gasteiger partial charge in [0.2, 0.25) is 0 Å². The van der Waals surface area contributed by atoms with E-state index in [1.165, 1.54) is 0 Å². The molecule has 2 heteroatoms. The van der Waals surface area contributed by atoms with Gasteiger partial charge in [-0.05, 0) is 20.3 Å². The van der Waals surface area contributed by atoms with Crippen LogP contribution >= 0.6 is 0 Å². The first-order chi connectivity index (χ1) is 5.20. The second-order valence-electron chi connectivity index (χ2n) is 2.53. The predicted octanol–water partition coefficient (Wildman–Crippen LogP) is 3.06. The Labute approximate surface area is 68.2 Å². The maximum absolute atomic E-state index is 12.8. The average Bonchev–Trinajstić information content (AvgIpc) is 1.87. The van der Waals surface area contributed by atoms with E-state index in [9.17, 15) is 4.39 Å². The molecule has 0 spiro atoms. The molecular weight excluding hydrogens is 143 g/mol. The van der Waals surface area contributed by atoms with Crippen molar-refractivity contribution in [2.24, 2.45) is 0 Å². The predicted molar refractivity (Wildman–Crippen MR) is 45.2 cm³/mol. The number of ether oxygens (including phenoxy) is 1. The number of hydrogen-bond acceptors (Lipinski definition) is 1. The maximum Gasteiger partial charge on any atom is 0.0985 e. The highest BCUT2D eigenvalue weighted by Gasteiger charge is 2.03. The molecule has 0 aliphatic heterocycles. The van der Waals surface area contributed by atoms with Crippen molar-refractivity contribution in [3.05, 3.63) is 11.9 Å². The van der Waals surface area contributed by atoms with Gasteiger partial charge in [0.25, 0.3) is 0 Å². The first-order valence-corrected chi connectivity index (χ1v) is 4.16. The third kappa shape index (κ3) is 6.05. The Morgan fingerprint density at radius 2 is 2.18 bits per heavy atom. The van der Waals surface area contributed by atoms with Gasteiger partial charge in [-0.25, -0.2) is 4.39 Å². The Morgan fingerprint density at radius 1 is 1.55 bits per heavy atom. The molecule has 0 saturated heterocycles.